The van der Waals surface area contributed by atoms with Gasteiger partial charge in [-0.15, -0.1) is 0 Å². The van der Waals surface area contributed by atoms with Crippen molar-refractivity contribution in [1.29, 1.82) is 0 Å². The number of rotatable bonds is 6. The third kappa shape index (κ3) is 5.59. The van der Waals surface area contributed by atoms with Gasteiger partial charge in [0.1, 0.15) is 0 Å². The highest BCUT2D eigenvalue weighted by Gasteiger charge is 2.21. The minimum Gasteiger partial charge on any atom is -0.481 e. The van der Waals surface area contributed by atoms with Crippen LogP contribution in [0.1, 0.15) is 39.5 Å². The van der Waals surface area contributed by atoms with Crippen molar-refractivity contribution in [2.24, 2.45) is 5.92 Å². The summed E-state index contributed by atoms with van der Waals surface area (Å²) in [7, 11) is 0. The molecule has 0 saturated carbocycles. The van der Waals surface area contributed by atoms with Gasteiger partial charge in [0.15, 0.2) is 0 Å². The second-order valence-corrected chi connectivity index (χ2v) is 5.38. The predicted molar refractivity (Wildman–Crippen MR) is 74.0 cm³/mol. The Labute approximate surface area is 115 Å². The zero-order chi connectivity index (χ0) is 14.3. The molecule has 0 aromatic rings. The molecule has 1 N–H and O–H groups in total. The lowest BCUT2D eigenvalue weighted by molar-refractivity contribution is -0.141. The summed E-state index contributed by atoms with van der Waals surface area (Å²) >= 11 is 0. The van der Waals surface area contributed by atoms with Gasteiger partial charge in [-0.2, -0.15) is 0 Å². The molecule has 1 aliphatic heterocycles. The van der Waals surface area contributed by atoms with Crippen LogP contribution in [-0.2, 0) is 9.59 Å². The second kappa shape index (κ2) is 8.15. The Bertz CT molecular complexity index is 307. The van der Waals surface area contributed by atoms with Crippen molar-refractivity contribution in [2.75, 3.05) is 32.7 Å². The van der Waals surface area contributed by atoms with E-state index in [1.807, 2.05) is 4.90 Å². The third-order valence-corrected chi connectivity index (χ3v) is 3.64. The first-order chi connectivity index (χ1) is 9.04. The predicted octanol–water partition coefficient (Wildman–Crippen LogP) is 1.43. The molecule has 0 bridgehead atoms. The molecule has 1 unspecified atom stereocenters. The maximum absolute atomic E-state index is 12.0. The van der Waals surface area contributed by atoms with Gasteiger partial charge in [-0.1, -0.05) is 20.3 Å². The lowest BCUT2D eigenvalue weighted by Crippen LogP contribution is -2.37. The Kier molecular flexibility index (Phi) is 6.84. The molecule has 1 heterocycles. The van der Waals surface area contributed by atoms with E-state index in [4.69, 9.17) is 5.11 Å². The molecule has 5 nitrogen and oxygen atoms in total. The zero-order valence-electron chi connectivity index (χ0n) is 12.1. The number of hydrogen-bond acceptors (Lipinski definition) is 3. The molecule has 5 heteroatoms. The Morgan fingerprint density at radius 3 is 2.58 bits per heavy atom. The van der Waals surface area contributed by atoms with Crippen LogP contribution in [0.2, 0.25) is 0 Å². The average molecular weight is 270 g/mol. The van der Waals surface area contributed by atoms with E-state index in [-0.39, 0.29) is 11.8 Å². The fourth-order valence-electron chi connectivity index (χ4n) is 2.35. The van der Waals surface area contributed by atoms with Crippen LogP contribution in [0, 0.1) is 5.92 Å². The Balaban J connectivity index is 2.38. The van der Waals surface area contributed by atoms with Crippen molar-refractivity contribution in [3.8, 4) is 0 Å². The first kappa shape index (κ1) is 16.0. The molecule has 0 aromatic carbocycles. The number of carbonyl (C=O) groups excluding carboxylic acids is 1. The zero-order valence-corrected chi connectivity index (χ0v) is 12.1. The molecule has 0 aliphatic carbocycles. The van der Waals surface area contributed by atoms with Crippen molar-refractivity contribution in [1.82, 2.24) is 9.80 Å². The fraction of sp³-hybridized carbons (Fsp3) is 0.857. The van der Waals surface area contributed by atoms with Gasteiger partial charge in [-0.3, -0.25) is 9.59 Å². The van der Waals surface area contributed by atoms with E-state index in [9.17, 15) is 9.59 Å². The lowest BCUT2D eigenvalue weighted by atomic mass is 10.1. The van der Waals surface area contributed by atoms with Crippen LogP contribution in [0.3, 0.4) is 0 Å². The first-order valence-electron chi connectivity index (χ1n) is 7.27. The maximum atomic E-state index is 12.0. The molecule has 1 fully saturated rings. The Morgan fingerprint density at radius 1 is 1.21 bits per heavy atom. The minimum atomic E-state index is -0.750. The molecule has 1 atom stereocenters. The van der Waals surface area contributed by atoms with E-state index >= 15 is 0 Å². The lowest BCUT2D eigenvalue weighted by Gasteiger charge is -2.23. The van der Waals surface area contributed by atoms with Gasteiger partial charge in [0.25, 0.3) is 0 Å². The number of carboxylic acid groups (broad SMARTS) is 1. The Hall–Kier alpha value is -1.10. The first-order valence-corrected chi connectivity index (χ1v) is 7.27. The number of carbonyl (C=O) groups is 2. The number of carboxylic acids is 1. The number of unbranched alkanes of at least 4 members (excludes halogenated alkanes) is 1. The van der Waals surface area contributed by atoms with E-state index < -0.39 is 5.97 Å². The molecular formula is C14H26N2O3. The minimum absolute atomic E-state index is 0.245. The van der Waals surface area contributed by atoms with Crippen molar-refractivity contribution < 1.29 is 14.7 Å². The summed E-state index contributed by atoms with van der Waals surface area (Å²) in [6, 6.07) is 0. The van der Waals surface area contributed by atoms with Crippen LogP contribution < -0.4 is 0 Å². The van der Waals surface area contributed by atoms with Gasteiger partial charge < -0.3 is 14.9 Å². The van der Waals surface area contributed by atoms with E-state index in [1.165, 1.54) is 0 Å². The van der Waals surface area contributed by atoms with E-state index in [1.54, 1.807) is 6.92 Å². The van der Waals surface area contributed by atoms with Crippen LogP contribution in [0.15, 0.2) is 0 Å². The molecule has 1 amide bonds. The summed E-state index contributed by atoms with van der Waals surface area (Å²) in [5, 5.41) is 8.93. The highest BCUT2D eigenvalue weighted by atomic mass is 16.4. The van der Waals surface area contributed by atoms with Crippen molar-refractivity contribution in [3.63, 3.8) is 0 Å². The van der Waals surface area contributed by atoms with Crippen LogP contribution in [-0.4, -0.2) is 59.5 Å². The van der Waals surface area contributed by atoms with Gasteiger partial charge in [0.05, 0.1) is 5.92 Å². The van der Waals surface area contributed by atoms with E-state index in [0.29, 0.717) is 13.0 Å². The normalized spacial score (nSPS) is 18.9. The highest BCUT2D eigenvalue weighted by molar-refractivity contribution is 5.76. The van der Waals surface area contributed by atoms with Gasteiger partial charge in [-0.05, 0) is 19.4 Å². The van der Waals surface area contributed by atoms with Crippen LogP contribution in [0.4, 0.5) is 0 Å². The van der Waals surface area contributed by atoms with Crippen LogP contribution in [0.25, 0.3) is 0 Å². The molecule has 1 saturated heterocycles. The molecule has 19 heavy (non-hydrogen) atoms. The fourth-order valence-corrected chi connectivity index (χ4v) is 2.35. The molecule has 0 aromatic heterocycles. The standard InChI is InChI=1S/C14H26N2O3/c1-3-4-6-13(17)16-8-5-7-15(9-10-16)11-12(2)14(18)19/h12H,3-11H2,1-2H3,(H,18,19). The van der Waals surface area contributed by atoms with Gasteiger partial charge >= 0.3 is 5.97 Å². The van der Waals surface area contributed by atoms with Crippen LogP contribution in [0.5, 0.6) is 0 Å². The molecule has 0 radical (unpaired) electrons. The highest BCUT2D eigenvalue weighted by Crippen LogP contribution is 2.09. The largest absolute Gasteiger partial charge is 0.481 e. The number of nitrogens with zero attached hydrogens (tertiary/aromatic N) is 2. The van der Waals surface area contributed by atoms with Crippen molar-refractivity contribution in [3.05, 3.63) is 0 Å². The summed E-state index contributed by atoms with van der Waals surface area (Å²) < 4.78 is 0. The van der Waals surface area contributed by atoms with Gasteiger partial charge in [-0.25, -0.2) is 0 Å². The number of amides is 1. The maximum Gasteiger partial charge on any atom is 0.307 e. The smallest absolute Gasteiger partial charge is 0.307 e. The molecule has 1 rings (SSSR count). The van der Waals surface area contributed by atoms with Gasteiger partial charge in [0, 0.05) is 32.6 Å². The molecule has 110 valence electrons. The monoisotopic (exact) mass is 270 g/mol. The summed E-state index contributed by atoms with van der Waals surface area (Å²) in [6.45, 7) is 7.61. The third-order valence-electron chi connectivity index (χ3n) is 3.64. The SMILES string of the molecule is CCCCC(=O)N1CCCN(CC(C)C(=O)O)CC1. The van der Waals surface area contributed by atoms with Crippen molar-refractivity contribution in [2.45, 2.75) is 39.5 Å². The summed E-state index contributed by atoms with van der Waals surface area (Å²) in [4.78, 5) is 26.9. The summed E-state index contributed by atoms with van der Waals surface area (Å²) in [5.41, 5.74) is 0. The quantitative estimate of drug-likeness (QED) is 0.793. The second-order valence-electron chi connectivity index (χ2n) is 5.38. The van der Waals surface area contributed by atoms with Crippen LogP contribution >= 0.6 is 0 Å². The average Bonchev–Trinajstić information content (AvgIpc) is 2.61. The molecule has 1 aliphatic rings. The summed E-state index contributed by atoms with van der Waals surface area (Å²) in [6.07, 6.45) is 3.57. The van der Waals surface area contributed by atoms with Crippen molar-refractivity contribution >= 4 is 11.9 Å². The number of hydrogen-bond donors (Lipinski definition) is 1. The van der Waals surface area contributed by atoms with Gasteiger partial charge in [0.2, 0.25) is 5.91 Å². The van der Waals surface area contributed by atoms with E-state index in [2.05, 4.69) is 11.8 Å². The topological polar surface area (TPSA) is 60.9 Å². The van der Waals surface area contributed by atoms with E-state index in [0.717, 1.165) is 45.4 Å². The molecule has 0 spiro atoms. The number of aliphatic carboxylic acids is 1. The Morgan fingerprint density at radius 2 is 1.95 bits per heavy atom. The summed E-state index contributed by atoms with van der Waals surface area (Å²) in [5.74, 6) is -0.850. The molecular weight excluding hydrogens is 244 g/mol.